The average Bonchev–Trinajstić information content (AvgIpc) is 3.31. The van der Waals surface area contributed by atoms with Crippen LogP contribution in [0.3, 0.4) is 0 Å². The molecule has 4 rings (SSSR count). The number of rotatable bonds is 5. The number of anilines is 1. The standard InChI is InChI=1S/C21H20ClNO7S/c1-31(26,27)14-5-6-16(22)15(11-14)20(25)28-12-19(24)23-13-4-7-17-18(10-13)30-21(29-17)8-2-3-9-21/h4-7,10-11H,2-3,8-9,12H2,1H3,(H,23,24). The van der Waals surface area contributed by atoms with Gasteiger partial charge in [0.05, 0.1) is 15.5 Å². The predicted molar refractivity (Wildman–Crippen MR) is 112 cm³/mol. The topological polar surface area (TPSA) is 108 Å². The van der Waals surface area contributed by atoms with Crippen LogP contribution in [0.1, 0.15) is 36.0 Å². The number of carbonyl (C=O) groups is 2. The van der Waals surface area contributed by atoms with Gasteiger partial charge in [0.2, 0.25) is 0 Å². The molecule has 2 aromatic carbocycles. The van der Waals surface area contributed by atoms with Crippen LogP contribution in [-0.4, -0.2) is 38.9 Å². The molecule has 1 fully saturated rings. The van der Waals surface area contributed by atoms with Gasteiger partial charge in [-0.1, -0.05) is 11.6 Å². The van der Waals surface area contributed by atoms with E-state index >= 15 is 0 Å². The van der Waals surface area contributed by atoms with Gasteiger partial charge in [0.25, 0.3) is 11.7 Å². The molecular formula is C21H20ClNO7S. The van der Waals surface area contributed by atoms with Gasteiger partial charge in [0, 0.05) is 30.9 Å². The van der Waals surface area contributed by atoms with Crippen molar-refractivity contribution in [1.82, 2.24) is 0 Å². The molecule has 2 aliphatic rings. The van der Waals surface area contributed by atoms with Gasteiger partial charge in [-0.05, 0) is 43.2 Å². The van der Waals surface area contributed by atoms with Crippen molar-refractivity contribution < 1.29 is 32.2 Å². The van der Waals surface area contributed by atoms with Gasteiger partial charge in [0.15, 0.2) is 27.9 Å². The molecule has 0 bridgehead atoms. The van der Waals surface area contributed by atoms with E-state index in [1.165, 1.54) is 12.1 Å². The Morgan fingerprint density at radius 2 is 1.81 bits per heavy atom. The molecule has 164 valence electrons. The minimum absolute atomic E-state index is 0.0226. The molecule has 1 aliphatic heterocycles. The van der Waals surface area contributed by atoms with Crippen molar-refractivity contribution in [2.45, 2.75) is 36.4 Å². The van der Waals surface area contributed by atoms with E-state index in [2.05, 4.69) is 5.32 Å². The summed E-state index contributed by atoms with van der Waals surface area (Å²) in [6, 6.07) is 8.75. The Labute approximate surface area is 184 Å². The Hall–Kier alpha value is -2.78. The van der Waals surface area contributed by atoms with Crippen molar-refractivity contribution in [2.75, 3.05) is 18.2 Å². The molecule has 31 heavy (non-hydrogen) atoms. The van der Waals surface area contributed by atoms with Crippen LogP contribution in [0.25, 0.3) is 0 Å². The molecule has 1 aliphatic carbocycles. The van der Waals surface area contributed by atoms with E-state index < -0.39 is 34.1 Å². The first-order valence-electron chi connectivity index (χ1n) is 9.64. The van der Waals surface area contributed by atoms with E-state index in [1.54, 1.807) is 18.2 Å². The zero-order valence-electron chi connectivity index (χ0n) is 16.6. The monoisotopic (exact) mass is 465 g/mol. The quantitative estimate of drug-likeness (QED) is 0.672. The van der Waals surface area contributed by atoms with Crippen LogP contribution in [0.2, 0.25) is 5.02 Å². The molecule has 0 saturated heterocycles. The van der Waals surface area contributed by atoms with Crippen molar-refractivity contribution in [3.05, 3.63) is 47.0 Å². The van der Waals surface area contributed by atoms with Crippen molar-refractivity contribution >= 4 is 39.0 Å². The van der Waals surface area contributed by atoms with Gasteiger partial charge in [-0.15, -0.1) is 0 Å². The summed E-state index contributed by atoms with van der Waals surface area (Å²) < 4.78 is 40.2. The normalized spacial score (nSPS) is 16.3. The number of benzene rings is 2. The molecule has 0 radical (unpaired) electrons. The lowest BCUT2D eigenvalue weighted by Gasteiger charge is -2.21. The highest BCUT2D eigenvalue weighted by molar-refractivity contribution is 7.90. The van der Waals surface area contributed by atoms with Gasteiger partial charge in [-0.3, -0.25) is 4.79 Å². The highest BCUT2D eigenvalue weighted by Crippen LogP contribution is 2.47. The minimum atomic E-state index is -3.53. The number of carbonyl (C=O) groups excluding carboxylic acids is 2. The van der Waals surface area contributed by atoms with Crippen LogP contribution in [-0.2, 0) is 19.4 Å². The Morgan fingerprint density at radius 1 is 1.10 bits per heavy atom. The molecular weight excluding hydrogens is 446 g/mol. The van der Waals surface area contributed by atoms with Gasteiger partial charge in [-0.2, -0.15) is 0 Å². The smallest absolute Gasteiger partial charge is 0.340 e. The summed E-state index contributed by atoms with van der Waals surface area (Å²) in [6.45, 7) is -0.573. The molecule has 10 heteroatoms. The maximum Gasteiger partial charge on any atom is 0.340 e. The Bertz CT molecular complexity index is 1160. The van der Waals surface area contributed by atoms with Crippen LogP contribution in [0.4, 0.5) is 5.69 Å². The highest BCUT2D eigenvalue weighted by Gasteiger charge is 2.44. The zero-order chi connectivity index (χ0) is 22.2. The van der Waals surface area contributed by atoms with E-state index in [0.717, 1.165) is 38.0 Å². The highest BCUT2D eigenvalue weighted by atomic mass is 35.5. The predicted octanol–water partition coefficient (Wildman–Crippen LogP) is 3.58. The van der Waals surface area contributed by atoms with E-state index in [9.17, 15) is 18.0 Å². The molecule has 0 unspecified atom stereocenters. The molecule has 1 amide bonds. The van der Waals surface area contributed by atoms with Gasteiger partial charge >= 0.3 is 5.97 Å². The lowest BCUT2D eigenvalue weighted by atomic mass is 10.2. The number of nitrogens with one attached hydrogen (secondary N) is 1. The second-order valence-corrected chi connectivity index (χ2v) is 9.94. The van der Waals surface area contributed by atoms with E-state index in [-0.39, 0.29) is 15.5 Å². The first-order chi connectivity index (χ1) is 14.7. The van der Waals surface area contributed by atoms with Crippen molar-refractivity contribution in [3.63, 3.8) is 0 Å². The van der Waals surface area contributed by atoms with E-state index in [1.807, 2.05) is 0 Å². The lowest BCUT2D eigenvalue weighted by Crippen LogP contribution is -2.34. The van der Waals surface area contributed by atoms with Crippen LogP contribution in [0.15, 0.2) is 41.3 Å². The molecule has 1 spiro atoms. The van der Waals surface area contributed by atoms with Crippen molar-refractivity contribution in [1.29, 1.82) is 0 Å². The van der Waals surface area contributed by atoms with Crippen molar-refractivity contribution in [3.8, 4) is 11.5 Å². The van der Waals surface area contributed by atoms with Crippen molar-refractivity contribution in [2.24, 2.45) is 0 Å². The molecule has 1 saturated carbocycles. The fraction of sp³-hybridized carbons (Fsp3) is 0.333. The Kier molecular flexibility index (Phi) is 5.57. The number of amides is 1. The van der Waals surface area contributed by atoms with Crippen LogP contribution >= 0.6 is 11.6 Å². The minimum Gasteiger partial charge on any atom is -0.452 e. The summed E-state index contributed by atoms with van der Waals surface area (Å²) in [5.74, 6) is -0.884. The van der Waals surface area contributed by atoms with Gasteiger partial charge < -0.3 is 19.5 Å². The second-order valence-electron chi connectivity index (χ2n) is 7.52. The molecule has 2 aromatic rings. The first-order valence-corrected chi connectivity index (χ1v) is 11.9. The summed E-state index contributed by atoms with van der Waals surface area (Å²) in [6.07, 6.45) is 4.74. The Morgan fingerprint density at radius 3 is 2.52 bits per heavy atom. The third kappa shape index (κ3) is 4.62. The maximum absolute atomic E-state index is 12.3. The molecule has 0 aromatic heterocycles. The SMILES string of the molecule is CS(=O)(=O)c1ccc(Cl)c(C(=O)OCC(=O)Nc2ccc3c(c2)OC2(CCCC2)O3)c1. The average molecular weight is 466 g/mol. The number of fused-ring (bicyclic) bond motifs is 1. The maximum atomic E-state index is 12.3. The summed E-state index contributed by atoms with van der Waals surface area (Å²) >= 11 is 5.97. The number of hydrogen-bond donors (Lipinski definition) is 1. The fourth-order valence-electron chi connectivity index (χ4n) is 3.59. The third-order valence-corrected chi connectivity index (χ3v) is 6.54. The lowest BCUT2D eigenvalue weighted by molar-refractivity contribution is -0.119. The largest absolute Gasteiger partial charge is 0.452 e. The number of sulfone groups is 1. The molecule has 1 N–H and O–H groups in total. The molecule has 1 heterocycles. The van der Waals surface area contributed by atoms with Crippen LogP contribution in [0, 0.1) is 0 Å². The first kappa shape index (κ1) is 21.5. The summed E-state index contributed by atoms with van der Waals surface area (Å²) in [7, 11) is -3.53. The second kappa shape index (κ2) is 8.05. The van der Waals surface area contributed by atoms with Crippen LogP contribution < -0.4 is 14.8 Å². The zero-order valence-corrected chi connectivity index (χ0v) is 18.2. The van der Waals surface area contributed by atoms with Crippen LogP contribution in [0.5, 0.6) is 11.5 Å². The molecule has 8 nitrogen and oxygen atoms in total. The fourth-order valence-corrected chi connectivity index (χ4v) is 4.43. The summed E-state index contributed by atoms with van der Waals surface area (Å²) in [5, 5.41) is 2.65. The number of hydrogen-bond acceptors (Lipinski definition) is 7. The van der Waals surface area contributed by atoms with Gasteiger partial charge in [-0.25, -0.2) is 13.2 Å². The molecule has 0 atom stereocenters. The third-order valence-electron chi connectivity index (χ3n) is 5.10. The van der Waals surface area contributed by atoms with E-state index in [4.69, 9.17) is 25.8 Å². The van der Waals surface area contributed by atoms with E-state index in [0.29, 0.717) is 17.2 Å². The summed E-state index contributed by atoms with van der Waals surface area (Å²) in [5.41, 5.74) is 0.331. The number of esters is 1. The van der Waals surface area contributed by atoms with Gasteiger partial charge in [0.1, 0.15) is 0 Å². The summed E-state index contributed by atoms with van der Waals surface area (Å²) in [4.78, 5) is 24.4. The number of ether oxygens (including phenoxy) is 3. The Balaban J connectivity index is 1.37. The number of halogens is 1.